The van der Waals surface area contributed by atoms with Gasteiger partial charge < -0.3 is 10.1 Å². The fraction of sp³-hybridized carbons (Fsp3) is 1.00. The number of nitrogens with zero attached hydrogens (tertiary/aromatic N) is 1. The Labute approximate surface area is 102 Å². The van der Waals surface area contributed by atoms with Crippen molar-refractivity contribution in [1.29, 1.82) is 0 Å². The first-order valence-corrected chi connectivity index (χ1v) is 6.44. The first-order valence-electron chi connectivity index (χ1n) is 6.44. The summed E-state index contributed by atoms with van der Waals surface area (Å²) < 4.78 is 5.02. The van der Waals surface area contributed by atoms with Gasteiger partial charge in [-0.15, -0.1) is 0 Å². The van der Waals surface area contributed by atoms with Gasteiger partial charge in [0.05, 0.1) is 6.61 Å². The van der Waals surface area contributed by atoms with Crippen molar-refractivity contribution in [3.8, 4) is 0 Å². The Bertz CT molecular complexity index is 160. The van der Waals surface area contributed by atoms with E-state index in [9.17, 15) is 0 Å². The predicted octanol–water partition coefficient (Wildman–Crippen LogP) is 1.98. The first kappa shape index (κ1) is 15.9. The van der Waals surface area contributed by atoms with Crippen LogP contribution in [0.25, 0.3) is 0 Å². The summed E-state index contributed by atoms with van der Waals surface area (Å²) >= 11 is 0. The van der Waals surface area contributed by atoms with Crippen molar-refractivity contribution in [1.82, 2.24) is 10.2 Å². The van der Waals surface area contributed by atoms with Crippen LogP contribution in [0.3, 0.4) is 0 Å². The second-order valence-electron chi connectivity index (χ2n) is 5.23. The van der Waals surface area contributed by atoms with Crippen molar-refractivity contribution in [3.63, 3.8) is 0 Å². The molecule has 0 saturated carbocycles. The molecule has 0 rings (SSSR count). The molecule has 0 aromatic rings. The molecule has 0 aliphatic heterocycles. The monoisotopic (exact) mass is 230 g/mol. The van der Waals surface area contributed by atoms with E-state index in [-0.39, 0.29) is 0 Å². The maximum atomic E-state index is 5.02. The number of hydrogen-bond acceptors (Lipinski definition) is 3. The molecule has 3 heteroatoms. The third-order valence-corrected chi connectivity index (χ3v) is 2.73. The number of hydrogen-bond donors (Lipinski definition) is 1. The van der Waals surface area contributed by atoms with Gasteiger partial charge in [-0.3, -0.25) is 4.90 Å². The van der Waals surface area contributed by atoms with Gasteiger partial charge in [0.15, 0.2) is 0 Å². The van der Waals surface area contributed by atoms with Gasteiger partial charge in [-0.05, 0) is 26.7 Å². The molecule has 98 valence electrons. The molecule has 0 saturated heterocycles. The molecule has 0 aliphatic carbocycles. The molecular weight excluding hydrogens is 200 g/mol. The fourth-order valence-electron chi connectivity index (χ4n) is 1.92. The Morgan fingerprint density at radius 1 is 1.12 bits per heavy atom. The normalized spacial score (nSPS) is 14.1. The molecule has 0 spiro atoms. The molecular formula is C13H30N2O. The number of nitrogens with one attached hydrogen (secondary N) is 1. The molecule has 0 aromatic carbocycles. The van der Waals surface area contributed by atoms with Gasteiger partial charge in [0.25, 0.3) is 0 Å². The van der Waals surface area contributed by atoms with Crippen molar-refractivity contribution < 1.29 is 4.74 Å². The summed E-state index contributed by atoms with van der Waals surface area (Å²) in [6, 6.07) is 1.20. The van der Waals surface area contributed by atoms with E-state index in [1.165, 1.54) is 6.54 Å². The van der Waals surface area contributed by atoms with Crippen LogP contribution in [0.1, 0.15) is 34.6 Å². The molecule has 0 heterocycles. The highest BCUT2D eigenvalue weighted by Crippen LogP contribution is 2.08. The van der Waals surface area contributed by atoms with Crippen LogP contribution >= 0.6 is 0 Å². The molecule has 1 atom stereocenters. The zero-order valence-electron chi connectivity index (χ0n) is 11.9. The zero-order chi connectivity index (χ0) is 12.6. The van der Waals surface area contributed by atoms with E-state index in [2.05, 4.69) is 44.8 Å². The first-order chi connectivity index (χ1) is 7.49. The molecule has 0 amide bonds. The highest BCUT2D eigenvalue weighted by Gasteiger charge is 2.17. The average Bonchev–Trinajstić information content (AvgIpc) is 2.20. The van der Waals surface area contributed by atoms with Crippen LogP contribution in [-0.4, -0.2) is 50.3 Å². The quantitative estimate of drug-likeness (QED) is 0.613. The highest BCUT2D eigenvalue weighted by molar-refractivity contribution is 4.74. The van der Waals surface area contributed by atoms with E-state index >= 15 is 0 Å². The molecule has 1 N–H and O–H groups in total. The summed E-state index contributed by atoms with van der Waals surface area (Å²) in [6.45, 7) is 15.3. The number of ether oxygens (including phenoxy) is 1. The van der Waals surface area contributed by atoms with Crippen LogP contribution in [0.15, 0.2) is 0 Å². The lowest BCUT2D eigenvalue weighted by Gasteiger charge is -2.34. The molecule has 0 bridgehead atoms. The minimum atomic E-state index is 0.583. The molecule has 3 nitrogen and oxygen atoms in total. The van der Waals surface area contributed by atoms with Gasteiger partial charge in [-0.25, -0.2) is 0 Å². The Kier molecular flexibility index (Phi) is 8.90. The van der Waals surface area contributed by atoms with Crippen LogP contribution in [-0.2, 0) is 4.74 Å². The van der Waals surface area contributed by atoms with Gasteiger partial charge in [0, 0.05) is 38.8 Å². The van der Waals surface area contributed by atoms with Crippen molar-refractivity contribution in [2.75, 3.05) is 33.4 Å². The van der Waals surface area contributed by atoms with Gasteiger partial charge in [0.2, 0.25) is 0 Å². The largest absolute Gasteiger partial charge is 0.383 e. The molecule has 1 unspecified atom stereocenters. The van der Waals surface area contributed by atoms with Crippen LogP contribution in [0, 0.1) is 5.92 Å². The van der Waals surface area contributed by atoms with E-state index in [0.29, 0.717) is 12.1 Å². The molecule has 0 aliphatic rings. The molecule has 0 aromatic heterocycles. The number of methoxy groups -OCH3 is 1. The van der Waals surface area contributed by atoms with E-state index < -0.39 is 0 Å². The smallest absolute Gasteiger partial charge is 0.0587 e. The number of rotatable bonds is 9. The molecule has 0 radical (unpaired) electrons. The van der Waals surface area contributed by atoms with Gasteiger partial charge in [-0.2, -0.15) is 0 Å². The molecule has 0 fully saturated rings. The van der Waals surface area contributed by atoms with Gasteiger partial charge in [-0.1, -0.05) is 13.8 Å². The second-order valence-corrected chi connectivity index (χ2v) is 5.23. The summed E-state index contributed by atoms with van der Waals surface area (Å²) in [5.74, 6) is 0.726. The standard InChI is InChI=1S/C13H30N2O/c1-11(2)10-15(12(3)4)13(5)9-14-7-8-16-6/h11-14H,7-10H2,1-6H3. The summed E-state index contributed by atoms with van der Waals surface area (Å²) in [4.78, 5) is 2.56. The fourth-order valence-corrected chi connectivity index (χ4v) is 1.92. The Morgan fingerprint density at radius 2 is 1.75 bits per heavy atom. The highest BCUT2D eigenvalue weighted by atomic mass is 16.5. The maximum Gasteiger partial charge on any atom is 0.0587 e. The minimum absolute atomic E-state index is 0.583. The third kappa shape index (κ3) is 7.20. The second kappa shape index (κ2) is 8.97. The summed E-state index contributed by atoms with van der Waals surface area (Å²) in [5, 5.41) is 3.43. The zero-order valence-corrected chi connectivity index (χ0v) is 11.9. The maximum absolute atomic E-state index is 5.02. The Balaban J connectivity index is 3.92. The lowest BCUT2D eigenvalue weighted by Crippen LogP contribution is -2.46. The third-order valence-electron chi connectivity index (χ3n) is 2.73. The van der Waals surface area contributed by atoms with Crippen LogP contribution in [0.2, 0.25) is 0 Å². The topological polar surface area (TPSA) is 24.5 Å². The lowest BCUT2D eigenvalue weighted by molar-refractivity contribution is 0.138. The van der Waals surface area contributed by atoms with E-state index in [1.807, 2.05) is 0 Å². The lowest BCUT2D eigenvalue weighted by atomic mass is 10.1. The van der Waals surface area contributed by atoms with Crippen molar-refractivity contribution >= 4 is 0 Å². The minimum Gasteiger partial charge on any atom is -0.383 e. The van der Waals surface area contributed by atoms with E-state index in [4.69, 9.17) is 4.74 Å². The molecule has 16 heavy (non-hydrogen) atoms. The van der Waals surface area contributed by atoms with Crippen LogP contribution < -0.4 is 5.32 Å². The van der Waals surface area contributed by atoms with E-state index in [0.717, 1.165) is 25.6 Å². The average molecular weight is 230 g/mol. The van der Waals surface area contributed by atoms with Crippen LogP contribution in [0.5, 0.6) is 0 Å². The van der Waals surface area contributed by atoms with E-state index in [1.54, 1.807) is 7.11 Å². The SMILES string of the molecule is COCCNCC(C)N(CC(C)C)C(C)C. The van der Waals surface area contributed by atoms with Crippen molar-refractivity contribution in [3.05, 3.63) is 0 Å². The van der Waals surface area contributed by atoms with Crippen molar-refractivity contribution in [2.45, 2.75) is 46.7 Å². The van der Waals surface area contributed by atoms with Crippen LogP contribution in [0.4, 0.5) is 0 Å². The summed E-state index contributed by atoms with van der Waals surface area (Å²) in [7, 11) is 1.74. The summed E-state index contributed by atoms with van der Waals surface area (Å²) in [5.41, 5.74) is 0. The van der Waals surface area contributed by atoms with Crippen molar-refractivity contribution in [2.24, 2.45) is 5.92 Å². The van der Waals surface area contributed by atoms with Gasteiger partial charge in [0.1, 0.15) is 0 Å². The Morgan fingerprint density at radius 3 is 2.19 bits per heavy atom. The van der Waals surface area contributed by atoms with Gasteiger partial charge >= 0.3 is 0 Å². The summed E-state index contributed by atoms with van der Waals surface area (Å²) in [6.07, 6.45) is 0. The predicted molar refractivity (Wildman–Crippen MR) is 70.9 cm³/mol. The Hall–Kier alpha value is -0.120.